The summed E-state index contributed by atoms with van der Waals surface area (Å²) < 4.78 is 0. The number of rotatable bonds is 1. The van der Waals surface area contributed by atoms with Crippen LogP contribution >= 0.6 is 0 Å². The van der Waals surface area contributed by atoms with Crippen molar-refractivity contribution >= 4 is 5.78 Å². The van der Waals surface area contributed by atoms with Crippen LogP contribution in [0.5, 0.6) is 0 Å². The monoisotopic (exact) mass is 334 g/mol. The quantitative estimate of drug-likeness (QED) is 0.686. The summed E-state index contributed by atoms with van der Waals surface area (Å²) in [5, 5.41) is 31.9. The lowest BCUT2D eigenvalue weighted by molar-refractivity contribution is -0.253. The summed E-state index contributed by atoms with van der Waals surface area (Å²) in [7, 11) is 0. The maximum atomic E-state index is 13.0. The van der Waals surface area contributed by atoms with E-state index in [1.165, 1.54) is 0 Å². The largest absolute Gasteiger partial charge is 0.390 e. The molecule has 0 aliphatic heterocycles. The van der Waals surface area contributed by atoms with Crippen molar-refractivity contribution in [3.8, 4) is 0 Å². The SMILES string of the molecule is C=CC1=CC(=O)[C@H]2[C@@H](CC[C@H]3C(C)(C)[C@@H](O)[C@@H](O)[C@@H](O)[C@]23C)[C@H]1C. The zero-order valence-electron chi connectivity index (χ0n) is 15.1. The third kappa shape index (κ3) is 2.06. The predicted octanol–water partition coefficient (Wildman–Crippen LogP) is 2.09. The molecule has 3 N–H and O–H groups in total. The molecule has 4 heteroatoms. The molecule has 3 aliphatic rings. The maximum Gasteiger partial charge on any atom is 0.159 e. The van der Waals surface area contributed by atoms with E-state index in [4.69, 9.17) is 0 Å². The minimum Gasteiger partial charge on any atom is -0.390 e. The van der Waals surface area contributed by atoms with Crippen molar-refractivity contribution in [3.63, 3.8) is 0 Å². The highest BCUT2D eigenvalue weighted by atomic mass is 16.4. The molecule has 2 fully saturated rings. The van der Waals surface area contributed by atoms with Crippen LogP contribution in [-0.2, 0) is 4.79 Å². The molecule has 0 spiro atoms. The first-order chi connectivity index (χ1) is 11.1. The number of ketones is 1. The highest BCUT2D eigenvalue weighted by Crippen LogP contribution is 2.63. The van der Waals surface area contributed by atoms with Gasteiger partial charge < -0.3 is 15.3 Å². The van der Waals surface area contributed by atoms with Crippen LogP contribution in [0.15, 0.2) is 24.3 Å². The topological polar surface area (TPSA) is 77.8 Å². The van der Waals surface area contributed by atoms with Crippen LogP contribution in [0.4, 0.5) is 0 Å². The van der Waals surface area contributed by atoms with Crippen LogP contribution in [0.2, 0.25) is 0 Å². The number of aliphatic hydroxyl groups is 3. The van der Waals surface area contributed by atoms with Gasteiger partial charge in [0.2, 0.25) is 0 Å². The number of hydrogen-bond acceptors (Lipinski definition) is 4. The maximum absolute atomic E-state index is 13.0. The van der Waals surface area contributed by atoms with Crippen LogP contribution in [-0.4, -0.2) is 39.4 Å². The summed E-state index contributed by atoms with van der Waals surface area (Å²) in [4.78, 5) is 13.0. The summed E-state index contributed by atoms with van der Waals surface area (Å²) in [6.45, 7) is 11.8. The van der Waals surface area contributed by atoms with Crippen molar-refractivity contribution in [2.24, 2.45) is 34.5 Å². The van der Waals surface area contributed by atoms with Crippen molar-refractivity contribution in [1.82, 2.24) is 0 Å². The second kappa shape index (κ2) is 5.52. The van der Waals surface area contributed by atoms with Crippen LogP contribution < -0.4 is 0 Å². The number of allylic oxidation sites excluding steroid dienone is 3. The first-order valence-corrected chi connectivity index (χ1v) is 9.00. The molecule has 3 rings (SSSR count). The number of carbonyl (C=O) groups excluding carboxylic acids is 1. The minimum atomic E-state index is -1.23. The predicted molar refractivity (Wildman–Crippen MR) is 92.1 cm³/mol. The Morgan fingerprint density at radius 1 is 1.17 bits per heavy atom. The molecule has 0 heterocycles. The lowest BCUT2D eigenvalue weighted by Crippen LogP contribution is -2.69. The van der Waals surface area contributed by atoms with Gasteiger partial charge in [-0.15, -0.1) is 0 Å². The molecule has 0 saturated heterocycles. The van der Waals surface area contributed by atoms with E-state index < -0.39 is 29.1 Å². The minimum absolute atomic E-state index is 0.0190. The second-order valence-electron chi connectivity index (χ2n) is 8.88. The number of aliphatic hydroxyl groups excluding tert-OH is 3. The van der Waals surface area contributed by atoms with Crippen molar-refractivity contribution in [2.75, 3.05) is 0 Å². The molecular formula is C20H30O4. The van der Waals surface area contributed by atoms with Gasteiger partial charge in [-0.1, -0.05) is 40.3 Å². The van der Waals surface area contributed by atoms with Crippen LogP contribution in [0.25, 0.3) is 0 Å². The highest BCUT2D eigenvalue weighted by molar-refractivity contribution is 5.95. The first-order valence-electron chi connectivity index (χ1n) is 9.00. The molecule has 0 aromatic heterocycles. The highest BCUT2D eigenvalue weighted by Gasteiger charge is 2.66. The summed E-state index contributed by atoms with van der Waals surface area (Å²) in [5.41, 5.74) is -0.322. The fourth-order valence-corrected chi connectivity index (χ4v) is 6.20. The molecule has 3 aliphatic carbocycles. The Bertz CT molecular complexity index is 592. The van der Waals surface area contributed by atoms with Crippen molar-refractivity contribution in [3.05, 3.63) is 24.3 Å². The molecule has 2 saturated carbocycles. The van der Waals surface area contributed by atoms with Gasteiger partial charge in [-0.25, -0.2) is 0 Å². The molecule has 0 radical (unpaired) electrons. The lowest BCUT2D eigenvalue weighted by Gasteiger charge is -2.64. The van der Waals surface area contributed by atoms with Crippen LogP contribution in [0, 0.1) is 34.5 Å². The average molecular weight is 334 g/mol. The van der Waals surface area contributed by atoms with Crippen molar-refractivity contribution in [1.29, 1.82) is 0 Å². The van der Waals surface area contributed by atoms with E-state index in [2.05, 4.69) is 13.5 Å². The first kappa shape index (κ1) is 17.8. The van der Waals surface area contributed by atoms with Gasteiger partial charge in [0.05, 0.1) is 12.2 Å². The standard InChI is InChI=1S/C20H30O4/c1-6-11-9-13(21)15-12(10(11)2)7-8-14-19(3,4)17(23)16(22)18(24)20(14,15)5/h6,9-10,12,14-18,22-24H,1,7-8H2,2-5H3/t10-,12-,14-,15+,16+,17-,18+,20-/m0/s1. The lowest BCUT2D eigenvalue weighted by atomic mass is 9.42. The van der Waals surface area contributed by atoms with Crippen molar-refractivity contribution in [2.45, 2.75) is 58.8 Å². The van der Waals surface area contributed by atoms with E-state index in [9.17, 15) is 20.1 Å². The van der Waals surface area contributed by atoms with Gasteiger partial charge in [-0.05, 0) is 47.7 Å². The Kier molecular flexibility index (Phi) is 4.10. The second-order valence-corrected chi connectivity index (χ2v) is 8.88. The zero-order valence-corrected chi connectivity index (χ0v) is 15.1. The molecule has 24 heavy (non-hydrogen) atoms. The number of fused-ring (bicyclic) bond motifs is 3. The summed E-state index contributed by atoms with van der Waals surface area (Å²) in [6, 6.07) is 0. The molecular weight excluding hydrogens is 304 g/mol. The summed E-state index contributed by atoms with van der Waals surface area (Å²) in [5.74, 6) is 0.0337. The third-order valence-electron chi connectivity index (χ3n) is 7.60. The van der Waals surface area contributed by atoms with E-state index in [0.29, 0.717) is 0 Å². The fraction of sp³-hybridized carbons (Fsp3) is 0.750. The molecule has 4 nitrogen and oxygen atoms in total. The van der Waals surface area contributed by atoms with E-state index in [-0.39, 0.29) is 29.5 Å². The van der Waals surface area contributed by atoms with E-state index in [0.717, 1.165) is 18.4 Å². The molecule has 8 atom stereocenters. The Morgan fingerprint density at radius 2 is 1.79 bits per heavy atom. The Labute approximate surface area is 144 Å². The Hall–Kier alpha value is -0.970. The molecule has 0 bridgehead atoms. The van der Waals surface area contributed by atoms with E-state index in [1.807, 2.05) is 20.8 Å². The Balaban J connectivity index is 2.13. The zero-order chi connectivity index (χ0) is 18.0. The average Bonchev–Trinajstić information content (AvgIpc) is 2.54. The molecule has 134 valence electrons. The number of hydrogen-bond donors (Lipinski definition) is 3. The molecule has 0 amide bonds. The number of carbonyl (C=O) groups is 1. The summed E-state index contributed by atoms with van der Waals surface area (Å²) in [6.07, 6.45) is 1.84. The van der Waals surface area contributed by atoms with Crippen LogP contribution in [0.3, 0.4) is 0 Å². The van der Waals surface area contributed by atoms with Gasteiger partial charge in [-0.3, -0.25) is 4.79 Å². The van der Waals surface area contributed by atoms with Gasteiger partial charge >= 0.3 is 0 Å². The third-order valence-corrected chi connectivity index (χ3v) is 7.60. The van der Waals surface area contributed by atoms with E-state index >= 15 is 0 Å². The van der Waals surface area contributed by atoms with Gasteiger partial charge in [0.15, 0.2) is 5.78 Å². The van der Waals surface area contributed by atoms with Crippen LogP contribution in [0.1, 0.15) is 40.5 Å². The van der Waals surface area contributed by atoms with E-state index in [1.54, 1.807) is 12.2 Å². The molecule has 0 aromatic rings. The smallest absolute Gasteiger partial charge is 0.159 e. The fourth-order valence-electron chi connectivity index (χ4n) is 6.20. The molecule has 0 unspecified atom stereocenters. The van der Waals surface area contributed by atoms with Gasteiger partial charge in [0, 0.05) is 11.3 Å². The normalized spacial score (nSPS) is 50.5. The van der Waals surface area contributed by atoms with Crippen molar-refractivity contribution < 1.29 is 20.1 Å². The van der Waals surface area contributed by atoms with Gasteiger partial charge in [-0.2, -0.15) is 0 Å². The van der Waals surface area contributed by atoms with Gasteiger partial charge in [0.25, 0.3) is 0 Å². The van der Waals surface area contributed by atoms with Gasteiger partial charge in [0.1, 0.15) is 6.10 Å². The Morgan fingerprint density at radius 3 is 2.38 bits per heavy atom. The molecule has 0 aromatic carbocycles. The summed E-state index contributed by atoms with van der Waals surface area (Å²) >= 11 is 0.